The fourth-order valence-electron chi connectivity index (χ4n) is 2.61. The molecule has 2 fully saturated rings. The average Bonchev–Trinajstić information content (AvgIpc) is 2.45. The highest BCUT2D eigenvalue weighted by atomic mass is 16.6. The Bertz CT molecular complexity index is 219. The number of nitrogens with one attached hydrogen (secondary N) is 1. The van der Waals surface area contributed by atoms with Crippen LogP contribution in [0.2, 0.25) is 0 Å². The van der Waals surface area contributed by atoms with E-state index < -0.39 is 0 Å². The standard InChI is InChI=1S/C14H27NO3/c1-2-7-15-13-6-9-16-11-14(13)18-10-12-5-3-4-8-17-12/h12-15H,2-11H2,1H3. The van der Waals surface area contributed by atoms with E-state index in [1.807, 2.05) is 0 Å². The Morgan fingerprint density at radius 2 is 2.17 bits per heavy atom. The predicted molar refractivity (Wildman–Crippen MR) is 70.8 cm³/mol. The van der Waals surface area contributed by atoms with Crippen molar-refractivity contribution >= 4 is 0 Å². The van der Waals surface area contributed by atoms with Crippen LogP contribution in [-0.2, 0) is 14.2 Å². The van der Waals surface area contributed by atoms with E-state index in [2.05, 4.69) is 12.2 Å². The molecule has 1 N–H and O–H groups in total. The summed E-state index contributed by atoms with van der Waals surface area (Å²) < 4.78 is 17.2. The van der Waals surface area contributed by atoms with Crippen molar-refractivity contribution in [3.63, 3.8) is 0 Å². The molecule has 2 saturated heterocycles. The van der Waals surface area contributed by atoms with Crippen molar-refractivity contribution in [3.05, 3.63) is 0 Å². The van der Waals surface area contributed by atoms with Crippen LogP contribution >= 0.6 is 0 Å². The molecule has 4 nitrogen and oxygen atoms in total. The fourth-order valence-corrected chi connectivity index (χ4v) is 2.61. The number of hydrogen-bond acceptors (Lipinski definition) is 4. The largest absolute Gasteiger partial charge is 0.379 e. The molecule has 3 atom stereocenters. The van der Waals surface area contributed by atoms with Gasteiger partial charge in [0.15, 0.2) is 0 Å². The van der Waals surface area contributed by atoms with Gasteiger partial charge in [0.05, 0.1) is 25.4 Å². The van der Waals surface area contributed by atoms with Crippen LogP contribution in [0, 0.1) is 0 Å². The third-order valence-corrected chi connectivity index (χ3v) is 3.73. The lowest BCUT2D eigenvalue weighted by molar-refractivity contribution is -0.108. The van der Waals surface area contributed by atoms with E-state index in [1.54, 1.807) is 0 Å². The summed E-state index contributed by atoms with van der Waals surface area (Å²) >= 11 is 0. The highest BCUT2D eigenvalue weighted by Crippen LogP contribution is 2.16. The van der Waals surface area contributed by atoms with Crippen LogP contribution in [0.4, 0.5) is 0 Å². The predicted octanol–water partition coefficient (Wildman–Crippen LogP) is 1.73. The molecule has 3 unspecified atom stereocenters. The van der Waals surface area contributed by atoms with Crippen LogP contribution in [0.1, 0.15) is 39.0 Å². The first-order valence-corrected chi connectivity index (χ1v) is 7.44. The topological polar surface area (TPSA) is 39.7 Å². The van der Waals surface area contributed by atoms with Gasteiger partial charge in [-0.05, 0) is 38.6 Å². The Labute approximate surface area is 110 Å². The lowest BCUT2D eigenvalue weighted by atomic mass is 10.1. The van der Waals surface area contributed by atoms with Crippen molar-refractivity contribution in [2.24, 2.45) is 0 Å². The monoisotopic (exact) mass is 257 g/mol. The summed E-state index contributed by atoms with van der Waals surface area (Å²) in [5.74, 6) is 0. The molecule has 2 heterocycles. The lowest BCUT2D eigenvalue weighted by Gasteiger charge is -2.33. The summed E-state index contributed by atoms with van der Waals surface area (Å²) in [6.07, 6.45) is 6.31. The van der Waals surface area contributed by atoms with Crippen LogP contribution in [0.15, 0.2) is 0 Å². The summed E-state index contributed by atoms with van der Waals surface area (Å²) in [5, 5.41) is 3.56. The third kappa shape index (κ3) is 4.50. The van der Waals surface area contributed by atoms with Gasteiger partial charge in [-0.2, -0.15) is 0 Å². The van der Waals surface area contributed by atoms with E-state index in [1.165, 1.54) is 12.8 Å². The first kappa shape index (κ1) is 14.3. The molecule has 0 bridgehead atoms. The molecule has 106 valence electrons. The Morgan fingerprint density at radius 1 is 1.22 bits per heavy atom. The van der Waals surface area contributed by atoms with Gasteiger partial charge in [-0.25, -0.2) is 0 Å². The highest BCUT2D eigenvalue weighted by molar-refractivity contribution is 4.81. The molecular formula is C14H27NO3. The first-order chi connectivity index (χ1) is 8.90. The molecular weight excluding hydrogens is 230 g/mol. The van der Waals surface area contributed by atoms with Gasteiger partial charge in [0.1, 0.15) is 0 Å². The minimum absolute atomic E-state index is 0.191. The summed E-state index contributed by atoms with van der Waals surface area (Å²) in [6, 6.07) is 0.447. The average molecular weight is 257 g/mol. The maximum Gasteiger partial charge on any atom is 0.0963 e. The molecule has 18 heavy (non-hydrogen) atoms. The van der Waals surface area contributed by atoms with E-state index in [9.17, 15) is 0 Å². The number of ether oxygens (including phenoxy) is 3. The minimum atomic E-state index is 0.191. The van der Waals surface area contributed by atoms with Gasteiger partial charge in [-0.15, -0.1) is 0 Å². The van der Waals surface area contributed by atoms with Crippen molar-refractivity contribution in [2.75, 3.05) is 33.0 Å². The zero-order chi connectivity index (χ0) is 12.6. The van der Waals surface area contributed by atoms with Crippen LogP contribution in [0.25, 0.3) is 0 Å². The quantitative estimate of drug-likeness (QED) is 0.786. The van der Waals surface area contributed by atoms with Crippen molar-refractivity contribution < 1.29 is 14.2 Å². The maximum absolute atomic E-state index is 6.02. The molecule has 0 aromatic heterocycles. The highest BCUT2D eigenvalue weighted by Gasteiger charge is 2.27. The molecule has 0 aliphatic carbocycles. The molecule has 0 saturated carbocycles. The van der Waals surface area contributed by atoms with Gasteiger partial charge in [-0.1, -0.05) is 6.92 Å². The SMILES string of the molecule is CCCNC1CCOCC1OCC1CCCCO1. The Morgan fingerprint density at radius 3 is 2.94 bits per heavy atom. The lowest BCUT2D eigenvalue weighted by Crippen LogP contribution is -2.49. The van der Waals surface area contributed by atoms with Crippen molar-refractivity contribution in [1.82, 2.24) is 5.32 Å². The second-order valence-electron chi connectivity index (χ2n) is 5.28. The number of hydrogen-bond donors (Lipinski definition) is 1. The van der Waals surface area contributed by atoms with Crippen LogP contribution < -0.4 is 5.32 Å². The fraction of sp³-hybridized carbons (Fsp3) is 1.00. The van der Waals surface area contributed by atoms with E-state index in [4.69, 9.17) is 14.2 Å². The van der Waals surface area contributed by atoms with Gasteiger partial charge in [0.25, 0.3) is 0 Å². The summed E-state index contributed by atoms with van der Waals surface area (Å²) in [5.41, 5.74) is 0. The molecule has 0 aromatic rings. The molecule has 0 radical (unpaired) electrons. The first-order valence-electron chi connectivity index (χ1n) is 7.44. The smallest absolute Gasteiger partial charge is 0.0963 e. The summed E-state index contributed by atoms with van der Waals surface area (Å²) in [7, 11) is 0. The van der Waals surface area contributed by atoms with Gasteiger partial charge in [0, 0.05) is 19.3 Å². The Hall–Kier alpha value is -0.160. The Kier molecular flexibility index (Phi) is 6.41. The van der Waals surface area contributed by atoms with Crippen LogP contribution in [-0.4, -0.2) is 51.2 Å². The van der Waals surface area contributed by atoms with Crippen LogP contribution in [0.3, 0.4) is 0 Å². The maximum atomic E-state index is 6.02. The molecule has 0 amide bonds. The van der Waals surface area contributed by atoms with Gasteiger partial charge < -0.3 is 19.5 Å². The molecule has 2 aliphatic heterocycles. The summed E-state index contributed by atoms with van der Waals surface area (Å²) in [6.45, 7) is 6.43. The molecule has 0 aromatic carbocycles. The molecule has 2 aliphatic rings. The van der Waals surface area contributed by atoms with Crippen molar-refractivity contribution in [2.45, 2.75) is 57.3 Å². The third-order valence-electron chi connectivity index (χ3n) is 3.73. The zero-order valence-electron chi connectivity index (χ0n) is 11.5. The van der Waals surface area contributed by atoms with Gasteiger partial charge >= 0.3 is 0 Å². The van der Waals surface area contributed by atoms with Crippen molar-refractivity contribution in [3.8, 4) is 0 Å². The zero-order valence-corrected chi connectivity index (χ0v) is 11.5. The van der Waals surface area contributed by atoms with Gasteiger partial charge in [0.2, 0.25) is 0 Å². The second kappa shape index (κ2) is 8.10. The minimum Gasteiger partial charge on any atom is -0.379 e. The second-order valence-corrected chi connectivity index (χ2v) is 5.28. The molecule has 2 rings (SSSR count). The van der Waals surface area contributed by atoms with E-state index in [-0.39, 0.29) is 6.10 Å². The normalized spacial score (nSPS) is 33.5. The van der Waals surface area contributed by atoms with E-state index in [0.29, 0.717) is 18.8 Å². The molecule has 0 spiro atoms. The Balaban J connectivity index is 1.70. The van der Waals surface area contributed by atoms with Crippen LogP contribution in [0.5, 0.6) is 0 Å². The summed E-state index contributed by atoms with van der Waals surface area (Å²) in [4.78, 5) is 0. The van der Waals surface area contributed by atoms with Crippen molar-refractivity contribution in [1.29, 1.82) is 0 Å². The van der Waals surface area contributed by atoms with E-state index >= 15 is 0 Å². The van der Waals surface area contributed by atoms with Gasteiger partial charge in [-0.3, -0.25) is 0 Å². The number of rotatable bonds is 6. The molecule has 4 heteroatoms. The van der Waals surface area contributed by atoms with E-state index in [0.717, 1.165) is 45.6 Å².